The van der Waals surface area contributed by atoms with Gasteiger partial charge in [-0.2, -0.15) is 0 Å². The zero-order valence-electron chi connectivity index (χ0n) is 10.9. The molecule has 7 heteroatoms. The number of benzene rings is 1. The highest BCUT2D eigenvalue weighted by molar-refractivity contribution is 9.10. The van der Waals surface area contributed by atoms with Crippen LogP contribution in [0.1, 0.15) is 18.2 Å². The SMILES string of the molecule is CCc1nc(-c2cc([N+](=O)[O-])ccc2C)nc(Cl)c1Br. The normalized spacial score (nSPS) is 10.6. The van der Waals surface area contributed by atoms with Crippen molar-refractivity contribution < 1.29 is 4.92 Å². The van der Waals surface area contributed by atoms with Gasteiger partial charge in [0.25, 0.3) is 5.69 Å². The molecular weight excluding hydrogens is 346 g/mol. The second-order valence-electron chi connectivity index (χ2n) is 4.21. The minimum Gasteiger partial charge on any atom is -0.258 e. The van der Waals surface area contributed by atoms with E-state index in [2.05, 4.69) is 25.9 Å². The topological polar surface area (TPSA) is 68.9 Å². The largest absolute Gasteiger partial charge is 0.270 e. The van der Waals surface area contributed by atoms with Gasteiger partial charge in [0.2, 0.25) is 0 Å². The van der Waals surface area contributed by atoms with Crippen LogP contribution in [0.2, 0.25) is 5.15 Å². The van der Waals surface area contributed by atoms with Gasteiger partial charge in [0.1, 0.15) is 5.15 Å². The number of aryl methyl sites for hydroxylation is 2. The molecular formula is C13H11BrClN3O2. The first kappa shape index (κ1) is 14.9. The molecule has 0 aliphatic carbocycles. The molecule has 1 heterocycles. The van der Waals surface area contributed by atoms with Crippen molar-refractivity contribution in [3.63, 3.8) is 0 Å². The number of rotatable bonds is 3. The van der Waals surface area contributed by atoms with Crippen molar-refractivity contribution in [2.24, 2.45) is 0 Å². The fourth-order valence-electron chi connectivity index (χ4n) is 1.78. The Kier molecular flexibility index (Phi) is 4.35. The molecule has 2 aromatic rings. The van der Waals surface area contributed by atoms with E-state index in [9.17, 15) is 10.1 Å². The number of nitrogens with zero attached hydrogens (tertiary/aromatic N) is 3. The average Bonchev–Trinajstić information content (AvgIpc) is 2.42. The zero-order chi connectivity index (χ0) is 14.9. The van der Waals surface area contributed by atoms with E-state index < -0.39 is 4.92 Å². The van der Waals surface area contributed by atoms with Crippen molar-refractivity contribution in [2.75, 3.05) is 0 Å². The van der Waals surface area contributed by atoms with Crippen molar-refractivity contribution in [3.8, 4) is 11.4 Å². The number of non-ortho nitro benzene ring substituents is 1. The average molecular weight is 357 g/mol. The summed E-state index contributed by atoms with van der Waals surface area (Å²) in [6.45, 7) is 3.80. The van der Waals surface area contributed by atoms with Crippen LogP contribution in [0.3, 0.4) is 0 Å². The van der Waals surface area contributed by atoms with Crippen molar-refractivity contribution in [2.45, 2.75) is 20.3 Å². The van der Waals surface area contributed by atoms with Gasteiger partial charge in [0.15, 0.2) is 5.82 Å². The molecule has 104 valence electrons. The summed E-state index contributed by atoms with van der Waals surface area (Å²) in [6.07, 6.45) is 0.684. The van der Waals surface area contributed by atoms with Gasteiger partial charge in [-0.05, 0) is 34.8 Å². The molecule has 0 unspecified atom stereocenters. The Morgan fingerprint density at radius 3 is 2.70 bits per heavy atom. The quantitative estimate of drug-likeness (QED) is 0.466. The number of aromatic nitrogens is 2. The van der Waals surface area contributed by atoms with Crippen molar-refractivity contribution >= 4 is 33.2 Å². The summed E-state index contributed by atoms with van der Waals surface area (Å²) in [5, 5.41) is 11.2. The first-order chi connectivity index (χ1) is 9.43. The van der Waals surface area contributed by atoms with E-state index in [1.807, 2.05) is 13.8 Å². The van der Waals surface area contributed by atoms with Crippen LogP contribution in [0.4, 0.5) is 5.69 Å². The summed E-state index contributed by atoms with van der Waals surface area (Å²) in [7, 11) is 0. The summed E-state index contributed by atoms with van der Waals surface area (Å²) in [6, 6.07) is 4.60. The number of nitro benzene ring substituents is 1. The Morgan fingerprint density at radius 1 is 1.40 bits per heavy atom. The number of nitro groups is 1. The summed E-state index contributed by atoms with van der Waals surface area (Å²) in [5.41, 5.74) is 2.25. The Balaban J connectivity index is 2.64. The van der Waals surface area contributed by atoms with Gasteiger partial charge in [-0.3, -0.25) is 10.1 Å². The number of halogens is 2. The minimum absolute atomic E-state index is 0.00582. The maximum absolute atomic E-state index is 10.9. The molecule has 0 spiro atoms. The lowest BCUT2D eigenvalue weighted by atomic mass is 10.1. The van der Waals surface area contributed by atoms with Crippen molar-refractivity contribution in [3.05, 3.63) is 49.2 Å². The van der Waals surface area contributed by atoms with Gasteiger partial charge in [0.05, 0.1) is 15.1 Å². The minimum atomic E-state index is -0.440. The lowest BCUT2D eigenvalue weighted by Gasteiger charge is -2.08. The zero-order valence-corrected chi connectivity index (χ0v) is 13.2. The van der Waals surface area contributed by atoms with Gasteiger partial charge >= 0.3 is 0 Å². The molecule has 20 heavy (non-hydrogen) atoms. The molecule has 0 atom stereocenters. The molecule has 0 fully saturated rings. The molecule has 0 saturated carbocycles. The maximum Gasteiger partial charge on any atom is 0.270 e. The molecule has 0 radical (unpaired) electrons. The number of hydrogen-bond donors (Lipinski definition) is 0. The Bertz CT molecular complexity index is 692. The Labute approximate surface area is 129 Å². The van der Waals surface area contributed by atoms with Crippen LogP contribution in [-0.4, -0.2) is 14.9 Å². The molecule has 5 nitrogen and oxygen atoms in total. The lowest BCUT2D eigenvalue weighted by Crippen LogP contribution is -1.99. The smallest absolute Gasteiger partial charge is 0.258 e. The molecule has 0 N–H and O–H groups in total. The highest BCUT2D eigenvalue weighted by Crippen LogP contribution is 2.30. The van der Waals surface area contributed by atoms with Gasteiger partial charge < -0.3 is 0 Å². The molecule has 0 saturated heterocycles. The van der Waals surface area contributed by atoms with E-state index in [4.69, 9.17) is 11.6 Å². The maximum atomic E-state index is 10.9. The standard InChI is InChI=1S/C13H11BrClN3O2/c1-3-10-11(14)12(15)17-13(16-10)9-6-8(18(19)20)5-4-7(9)2/h4-6H,3H2,1-2H3. The van der Waals surface area contributed by atoms with Gasteiger partial charge in [-0.1, -0.05) is 24.6 Å². The summed E-state index contributed by atoms with van der Waals surface area (Å²) >= 11 is 9.41. The van der Waals surface area contributed by atoms with E-state index in [1.165, 1.54) is 12.1 Å². The van der Waals surface area contributed by atoms with Gasteiger partial charge in [0, 0.05) is 17.7 Å². The van der Waals surface area contributed by atoms with E-state index in [0.29, 0.717) is 27.4 Å². The van der Waals surface area contributed by atoms with E-state index in [0.717, 1.165) is 11.3 Å². The van der Waals surface area contributed by atoms with Gasteiger partial charge in [-0.25, -0.2) is 9.97 Å². The number of hydrogen-bond acceptors (Lipinski definition) is 4. The first-order valence-corrected chi connectivity index (χ1v) is 7.08. The fraction of sp³-hybridized carbons (Fsp3) is 0.231. The molecule has 2 rings (SSSR count). The second-order valence-corrected chi connectivity index (χ2v) is 5.36. The van der Waals surface area contributed by atoms with E-state index in [1.54, 1.807) is 6.07 Å². The monoisotopic (exact) mass is 355 g/mol. The summed E-state index contributed by atoms with van der Waals surface area (Å²) in [5.74, 6) is 0.399. The first-order valence-electron chi connectivity index (χ1n) is 5.91. The third-order valence-electron chi connectivity index (χ3n) is 2.89. The third kappa shape index (κ3) is 2.81. The van der Waals surface area contributed by atoms with Crippen LogP contribution in [0, 0.1) is 17.0 Å². The Hall–Kier alpha value is -1.53. The van der Waals surface area contributed by atoms with Crippen LogP contribution >= 0.6 is 27.5 Å². The molecule has 1 aromatic carbocycles. The molecule has 0 aliphatic rings. The van der Waals surface area contributed by atoms with Crippen LogP contribution in [0.15, 0.2) is 22.7 Å². The summed E-state index contributed by atoms with van der Waals surface area (Å²) in [4.78, 5) is 19.0. The highest BCUT2D eigenvalue weighted by Gasteiger charge is 2.15. The summed E-state index contributed by atoms with van der Waals surface area (Å²) < 4.78 is 0.661. The van der Waals surface area contributed by atoms with E-state index in [-0.39, 0.29) is 5.69 Å². The molecule has 1 aromatic heterocycles. The fourth-order valence-corrected chi connectivity index (χ4v) is 2.43. The van der Waals surface area contributed by atoms with Crippen LogP contribution in [0.5, 0.6) is 0 Å². The predicted octanol–water partition coefficient (Wildman–Crippen LogP) is 4.34. The predicted molar refractivity (Wildman–Crippen MR) is 80.9 cm³/mol. The molecule has 0 aliphatic heterocycles. The van der Waals surface area contributed by atoms with E-state index >= 15 is 0 Å². The highest BCUT2D eigenvalue weighted by atomic mass is 79.9. The van der Waals surface area contributed by atoms with Crippen LogP contribution in [0.25, 0.3) is 11.4 Å². The molecule has 0 amide bonds. The van der Waals surface area contributed by atoms with Gasteiger partial charge in [-0.15, -0.1) is 0 Å². The van der Waals surface area contributed by atoms with Crippen molar-refractivity contribution in [1.82, 2.24) is 9.97 Å². The van der Waals surface area contributed by atoms with Crippen molar-refractivity contribution in [1.29, 1.82) is 0 Å². The van der Waals surface area contributed by atoms with Crippen LogP contribution in [-0.2, 0) is 6.42 Å². The lowest BCUT2D eigenvalue weighted by molar-refractivity contribution is -0.384. The van der Waals surface area contributed by atoms with Crippen LogP contribution < -0.4 is 0 Å². The third-order valence-corrected chi connectivity index (χ3v) is 4.22. The molecule has 0 bridgehead atoms. The second kappa shape index (κ2) is 5.85. The Morgan fingerprint density at radius 2 is 2.10 bits per heavy atom.